The molecule has 0 unspecified atom stereocenters. The van der Waals surface area contributed by atoms with Crippen LogP contribution in [-0.4, -0.2) is 45.7 Å². The molecule has 0 spiro atoms. The van der Waals surface area contributed by atoms with Crippen molar-refractivity contribution in [2.24, 2.45) is 0 Å². The van der Waals surface area contributed by atoms with Crippen LogP contribution in [0.2, 0.25) is 0 Å². The zero-order valence-electron chi connectivity index (χ0n) is 14.1. The van der Waals surface area contributed by atoms with Crippen LogP contribution in [0.15, 0.2) is 29.4 Å². The van der Waals surface area contributed by atoms with Crippen molar-refractivity contribution < 1.29 is 14.3 Å². The zero-order valence-corrected chi connectivity index (χ0v) is 15.0. The van der Waals surface area contributed by atoms with Crippen LogP contribution in [0.3, 0.4) is 0 Å². The highest BCUT2D eigenvalue weighted by Gasteiger charge is 2.17. The van der Waals surface area contributed by atoms with Gasteiger partial charge >= 0.3 is 6.03 Å². The van der Waals surface area contributed by atoms with Crippen LogP contribution in [0.25, 0.3) is 11.4 Å². The number of carbonyl (C=O) groups is 2. The molecular formula is C15H20N6O3S. The predicted molar refractivity (Wildman–Crippen MR) is 94.7 cm³/mol. The Kier molecular flexibility index (Phi) is 6.23. The highest BCUT2D eigenvalue weighted by molar-refractivity contribution is 7.99. The van der Waals surface area contributed by atoms with Crippen LogP contribution < -0.4 is 21.2 Å². The standard InChI is InChI=1S/C15H20N6O3S/c1-9(2)17-14(23)18-12(22)8-25-15-20-19-13(21(15)16)10-6-4-5-7-11(10)24-3/h4-7,9H,8,16H2,1-3H3,(H2,17,18,22,23). The first-order chi connectivity index (χ1) is 11.9. The second-order valence-electron chi connectivity index (χ2n) is 5.34. The molecule has 2 aromatic rings. The molecule has 10 heteroatoms. The molecular weight excluding hydrogens is 344 g/mol. The highest BCUT2D eigenvalue weighted by Crippen LogP contribution is 2.29. The quantitative estimate of drug-likeness (QED) is 0.516. The third kappa shape index (κ3) is 4.86. The summed E-state index contributed by atoms with van der Waals surface area (Å²) >= 11 is 1.08. The Morgan fingerprint density at radius 1 is 1.32 bits per heavy atom. The van der Waals surface area contributed by atoms with E-state index in [1.54, 1.807) is 27.0 Å². The molecule has 9 nitrogen and oxygen atoms in total. The number of para-hydroxylation sites is 1. The van der Waals surface area contributed by atoms with Gasteiger partial charge in [0.05, 0.1) is 18.4 Å². The molecule has 134 valence electrons. The molecule has 25 heavy (non-hydrogen) atoms. The highest BCUT2D eigenvalue weighted by atomic mass is 32.2. The fraction of sp³-hybridized carbons (Fsp3) is 0.333. The van der Waals surface area contributed by atoms with Gasteiger partial charge in [-0.15, -0.1) is 10.2 Å². The minimum atomic E-state index is -0.537. The number of aromatic nitrogens is 3. The summed E-state index contributed by atoms with van der Waals surface area (Å²) in [5, 5.41) is 13.2. The fourth-order valence-corrected chi connectivity index (χ4v) is 2.64. The predicted octanol–water partition coefficient (Wildman–Crippen LogP) is 0.994. The summed E-state index contributed by atoms with van der Waals surface area (Å²) in [4.78, 5) is 23.3. The van der Waals surface area contributed by atoms with Crippen LogP contribution in [0, 0.1) is 0 Å². The maximum absolute atomic E-state index is 11.8. The summed E-state index contributed by atoms with van der Waals surface area (Å²) in [5.41, 5.74) is 0.688. The average Bonchev–Trinajstić information content (AvgIpc) is 2.92. The van der Waals surface area contributed by atoms with E-state index >= 15 is 0 Å². The Morgan fingerprint density at radius 2 is 2.04 bits per heavy atom. The van der Waals surface area contributed by atoms with E-state index in [1.807, 2.05) is 18.2 Å². The number of nitrogens with zero attached hydrogens (tertiary/aromatic N) is 3. The lowest BCUT2D eigenvalue weighted by molar-refractivity contribution is -0.117. The number of thioether (sulfide) groups is 1. The van der Waals surface area contributed by atoms with Crippen molar-refractivity contribution >= 4 is 23.7 Å². The smallest absolute Gasteiger partial charge is 0.321 e. The second-order valence-corrected chi connectivity index (χ2v) is 6.28. The summed E-state index contributed by atoms with van der Waals surface area (Å²) in [6.07, 6.45) is 0. The summed E-state index contributed by atoms with van der Waals surface area (Å²) in [5.74, 6) is 6.57. The van der Waals surface area contributed by atoms with Crippen molar-refractivity contribution in [2.45, 2.75) is 25.0 Å². The van der Waals surface area contributed by atoms with E-state index in [9.17, 15) is 9.59 Å². The van der Waals surface area contributed by atoms with E-state index in [-0.39, 0.29) is 11.8 Å². The van der Waals surface area contributed by atoms with Crippen LogP contribution in [-0.2, 0) is 4.79 Å². The molecule has 0 saturated heterocycles. The number of urea groups is 1. The third-order valence-corrected chi connectivity index (χ3v) is 3.96. The van der Waals surface area contributed by atoms with E-state index in [0.29, 0.717) is 22.3 Å². The van der Waals surface area contributed by atoms with Gasteiger partial charge in [0, 0.05) is 6.04 Å². The number of nitrogens with one attached hydrogen (secondary N) is 2. The molecule has 0 atom stereocenters. The number of nitrogens with two attached hydrogens (primary N) is 1. The Balaban J connectivity index is 2.02. The minimum Gasteiger partial charge on any atom is -0.496 e. The fourth-order valence-electron chi connectivity index (χ4n) is 1.98. The number of imide groups is 1. The average molecular weight is 364 g/mol. The molecule has 4 N–H and O–H groups in total. The first-order valence-electron chi connectivity index (χ1n) is 7.49. The van der Waals surface area contributed by atoms with Gasteiger partial charge in [-0.2, -0.15) is 0 Å². The van der Waals surface area contributed by atoms with Gasteiger partial charge in [-0.3, -0.25) is 10.1 Å². The van der Waals surface area contributed by atoms with Crippen LogP contribution in [0.1, 0.15) is 13.8 Å². The molecule has 0 radical (unpaired) electrons. The van der Waals surface area contributed by atoms with E-state index in [0.717, 1.165) is 11.8 Å². The monoisotopic (exact) mass is 364 g/mol. The molecule has 0 aliphatic carbocycles. The maximum atomic E-state index is 11.8. The number of ether oxygens (including phenoxy) is 1. The normalized spacial score (nSPS) is 10.6. The molecule has 3 amide bonds. The molecule has 0 saturated carbocycles. The summed E-state index contributed by atoms with van der Waals surface area (Å²) in [6.45, 7) is 3.60. The Bertz CT molecular complexity index is 761. The Labute approximate surface area is 149 Å². The van der Waals surface area contributed by atoms with Gasteiger partial charge in [0.1, 0.15) is 5.75 Å². The van der Waals surface area contributed by atoms with Crippen molar-refractivity contribution in [1.29, 1.82) is 0 Å². The van der Waals surface area contributed by atoms with E-state index in [2.05, 4.69) is 20.8 Å². The largest absolute Gasteiger partial charge is 0.496 e. The minimum absolute atomic E-state index is 0.0211. The summed E-state index contributed by atoms with van der Waals surface area (Å²) in [7, 11) is 1.55. The number of methoxy groups -OCH3 is 1. The molecule has 0 bridgehead atoms. The van der Waals surface area contributed by atoms with Gasteiger partial charge in [-0.1, -0.05) is 23.9 Å². The topological polar surface area (TPSA) is 124 Å². The molecule has 2 rings (SSSR count). The number of rotatable bonds is 6. The lowest BCUT2D eigenvalue weighted by atomic mass is 10.2. The lowest BCUT2D eigenvalue weighted by Crippen LogP contribution is -2.43. The zero-order chi connectivity index (χ0) is 18.4. The van der Waals surface area contributed by atoms with Gasteiger partial charge < -0.3 is 15.9 Å². The first kappa shape index (κ1) is 18.6. The van der Waals surface area contributed by atoms with Crippen molar-refractivity contribution in [3.05, 3.63) is 24.3 Å². The number of hydrogen-bond donors (Lipinski definition) is 3. The van der Waals surface area contributed by atoms with Crippen LogP contribution in [0.5, 0.6) is 5.75 Å². The van der Waals surface area contributed by atoms with Crippen molar-refractivity contribution in [3.63, 3.8) is 0 Å². The second kappa shape index (κ2) is 8.38. The maximum Gasteiger partial charge on any atom is 0.321 e. The third-order valence-electron chi connectivity index (χ3n) is 3.02. The van der Waals surface area contributed by atoms with E-state index in [1.165, 1.54) is 4.68 Å². The van der Waals surface area contributed by atoms with Gasteiger partial charge in [-0.05, 0) is 26.0 Å². The number of benzene rings is 1. The molecule has 1 aromatic carbocycles. The summed E-state index contributed by atoms with van der Waals surface area (Å²) in [6, 6.07) is 6.67. The van der Waals surface area contributed by atoms with Crippen molar-refractivity contribution in [3.8, 4) is 17.1 Å². The Morgan fingerprint density at radius 3 is 2.72 bits per heavy atom. The van der Waals surface area contributed by atoms with Crippen molar-refractivity contribution in [1.82, 2.24) is 25.5 Å². The van der Waals surface area contributed by atoms with Crippen molar-refractivity contribution in [2.75, 3.05) is 18.7 Å². The summed E-state index contributed by atoms with van der Waals surface area (Å²) < 4.78 is 6.57. The molecule has 0 aliphatic heterocycles. The number of hydrogen-bond acceptors (Lipinski definition) is 7. The molecule has 1 heterocycles. The molecule has 0 aliphatic rings. The lowest BCUT2D eigenvalue weighted by Gasteiger charge is -2.09. The SMILES string of the molecule is COc1ccccc1-c1nnc(SCC(=O)NC(=O)NC(C)C)n1N. The number of nitrogen functional groups attached to an aromatic ring is 1. The first-order valence-corrected chi connectivity index (χ1v) is 8.48. The van der Waals surface area contributed by atoms with Gasteiger partial charge in [0.25, 0.3) is 0 Å². The van der Waals surface area contributed by atoms with Gasteiger partial charge in [0.2, 0.25) is 11.1 Å². The molecule has 1 aromatic heterocycles. The van der Waals surface area contributed by atoms with E-state index in [4.69, 9.17) is 10.6 Å². The molecule has 0 fully saturated rings. The van der Waals surface area contributed by atoms with E-state index < -0.39 is 11.9 Å². The van der Waals surface area contributed by atoms with Gasteiger partial charge in [0.15, 0.2) is 5.82 Å². The number of amides is 3. The Hall–Kier alpha value is -2.75. The van der Waals surface area contributed by atoms with Crippen LogP contribution in [0.4, 0.5) is 4.79 Å². The van der Waals surface area contributed by atoms with Gasteiger partial charge in [-0.25, -0.2) is 9.47 Å². The number of carbonyl (C=O) groups excluding carboxylic acids is 2. The van der Waals surface area contributed by atoms with Crippen LogP contribution >= 0.6 is 11.8 Å².